The molecule has 1 amide bonds. The number of hydrogen-bond acceptors (Lipinski definition) is 7. The fourth-order valence-electron chi connectivity index (χ4n) is 4.08. The van der Waals surface area contributed by atoms with Gasteiger partial charge >= 0.3 is 0 Å². The first-order valence-electron chi connectivity index (χ1n) is 10.9. The van der Waals surface area contributed by atoms with Crippen LogP contribution in [0.2, 0.25) is 0 Å². The number of fused-ring (bicyclic) bond motifs is 3. The number of hydrogen-bond donors (Lipinski definition) is 1. The van der Waals surface area contributed by atoms with Crippen LogP contribution in [-0.2, 0) is 11.2 Å². The summed E-state index contributed by atoms with van der Waals surface area (Å²) in [5.74, 6) is 1.35. The van der Waals surface area contributed by atoms with E-state index in [2.05, 4.69) is 10.4 Å². The van der Waals surface area contributed by atoms with Crippen LogP contribution in [0.1, 0.15) is 24.2 Å². The zero-order valence-corrected chi connectivity index (χ0v) is 20.6. The molecule has 8 nitrogen and oxygen atoms in total. The molecule has 9 heteroatoms. The van der Waals surface area contributed by atoms with E-state index in [4.69, 9.17) is 14.2 Å². The lowest BCUT2D eigenvalue weighted by Gasteiger charge is -2.17. The van der Waals surface area contributed by atoms with Gasteiger partial charge in [-0.1, -0.05) is 24.3 Å². The number of aryl methyl sites for hydroxylation is 1. The average molecular weight is 482 g/mol. The van der Waals surface area contributed by atoms with Crippen LogP contribution in [0.5, 0.6) is 17.2 Å². The number of benzene rings is 2. The van der Waals surface area contributed by atoms with Crippen molar-refractivity contribution in [2.24, 2.45) is 0 Å². The highest BCUT2D eigenvalue weighted by Gasteiger charge is 2.22. The molecule has 178 valence electrons. The fraction of sp³-hybridized carbons (Fsp3) is 0.320. The number of nitrogens with one attached hydrogen (secondary N) is 1. The van der Waals surface area contributed by atoms with Gasteiger partial charge in [0.1, 0.15) is 6.04 Å². The molecule has 0 saturated carbocycles. The Bertz CT molecular complexity index is 1430. The number of methoxy groups -OCH3 is 3. The monoisotopic (exact) mass is 481 g/mol. The third-order valence-electron chi connectivity index (χ3n) is 5.83. The maximum Gasteiger partial charge on any atom is 0.276 e. The third-order valence-corrected chi connectivity index (χ3v) is 7.11. The number of aromatic nitrogens is 2. The van der Waals surface area contributed by atoms with Crippen molar-refractivity contribution >= 4 is 37.4 Å². The Labute approximate surface area is 201 Å². The first-order chi connectivity index (χ1) is 16.4. The summed E-state index contributed by atoms with van der Waals surface area (Å²) in [6, 6.07) is 10.7. The lowest BCUT2D eigenvalue weighted by Crippen LogP contribution is -2.38. The molecular weight excluding hydrogens is 454 g/mol. The molecule has 0 aliphatic carbocycles. The smallest absolute Gasteiger partial charge is 0.276 e. The van der Waals surface area contributed by atoms with Gasteiger partial charge in [-0.05, 0) is 32.4 Å². The van der Waals surface area contributed by atoms with Crippen LogP contribution in [-0.4, -0.2) is 43.6 Å². The highest BCUT2D eigenvalue weighted by Crippen LogP contribution is 2.39. The molecule has 4 rings (SSSR count). The van der Waals surface area contributed by atoms with Crippen LogP contribution >= 0.6 is 11.3 Å². The number of amides is 1. The van der Waals surface area contributed by atoms with Crippen LogP contribution in [0, 0.1) is 6.92 Å². The van der Waals surface area contributed by atoms with Crippen molar-refractivity contribution in [3.8, 4) is 17.2 Å². The number of thiophene rings is 1. The van der Waals surface area contributed by atoms with E-state index in [1.54, 1.807) is 45.7 Å². The predicted molar refractivity (Wildman–Crippen MR) is 134 cm³/mol. The summed E-state index contributed by atoms with van der Waals surface area (Å²) in [4.78, 5) is 26.2. The number of nitrogens with zero attached hydrogens (tertiary/aromatic N) is 2. The molecule has 0 spiro atoms. The minimum Gasteiger partial charge on any atom is -0.493 e. The third kappa shape index (κ3) is 4.07. The van der Waals surface area contributed by atoms with Crippen molar-refractivity contribution in [1.29, 1.82) is 0 Å². The lowest BCUT2D eigenvalue weighted by molar-refractivity contribution is -0.124. The Balaban J connectivity index is 1.55. The fourth-order valence-corrected chi connectivity index (χ4v) is 5.22. The zero-order chi connectivity index (χ0) is 24.4. The van der Waals surface area contributed by atoms with Crippen molar-refractivity contribution in [3.05, 3.63) is 58.0 Å². The molecule has 2 aromatic carbocycles. The van der Waals surface area contributed by atoms with Gasteiger partial charge < -0.3 is 19.5 Å². The van der Waals surface area contributed by atoms with Gasteiger partial charge in [0.2, 0.25) is 11.7 Å². The van der Waals surface area contributed by atoms with Gasteiger partial charge in [-0.2, -0.15) is 5.10 Å². The minimum atomic E-state index is -0.762. The predicted octanol–water partition coefficient (Wildman–Crippen LogP) is 3.87. The average Bonchev–Trinajstić information content (AvgIpc) is 3.25. The molecule has 2 aromatic heterocycles. The molecule has 34 heavy (non-hydrogen) atoms. The molecule has 0 radical (unpaired) electrons. The SMILES string of the molecule is COc1ccc(CCNC(=O)C(C)n2nc(C)c3sc4ccccc4c3c2=O)c(OC)c1OC. The van der Waals surface area contributed by atoms with Gasteiger partial charge in [0.25, 0.3) is 5.56 Å². The Morgan fingerprint density at radius 3 is 2.53 bits per heavy atom. The van der Waals surface area contributed by atoms with E-state index in [-0.39, 0.29) is 11.5 Å². The van der Waals surface area contributed by atoms with Gasteiger partial charge in [-0.15, -0.1) is 11.3 Å². The summed E-state index contributed by atoms with van der Waals surface area (Å²) in [6.07, 6.45) is 0.511. The molecule has 1 unspecified atom stereocenters. The quantitative estimate of drug-likeness (QED) is 0.411. The Kier molecular flexibility index (Phi) is 6.74. The molecule has 4 aromatic rings. The largest absolute Gasteiger partial charge is 0.493 e. The second kappa shape index (κ2) is 9.72. The van der Waals surface area contributed by atoms with Crippen LogP contribution in [0.25, 0.3) is 20.2 Å². The van der Waals surface area contributed by atoms with E-state index >= 15 is 0 Å². The summed E-state index contributed by atoms with van der Waals surface area (Å²) in [5, 5.41) is 8.87. The number of carbonyl (C=O) groups is 1. The van der Waals surface area contributed by atoms with E-state index < -0.39 is 6.04 Å². The molecular formula is C25H27N3O5S. The second-order valence-electron chi connectivity index (χ2n) is 7.85. The summed E-state index contributed by atoms with van der Waals surface area (Å²) in [7, 11) is 4.67. The minimum absolute atomic E-state index is 0.262. The van der Waals surface area contributed by atoms with Gasteiger partial charge in [0.05, 0.1) is 37.1 Å². The number of carbonyl (C=O) groups excluding carboxylic acids is 1. The maximum absolute atomic E-state index is 13.3. The first kappa shape index (κ1) is 23.6. The summed E-state index contributed by atoms with van der Waals surface area (Å²) >= 11 is 1.54. The van der Waals surface area contributed by atoms with Crippen molar-refractivity contribution in [2.75, 3.05) is 27.9 Å². The van der Waals surface area contributed by atoms with Crippen LogP contribution in [0.4, 0.5) is 0 Å². The highest BCUT2D eigenvalue weighted by atomic mass is 32.1. The second-order valence-corrected chi connectivity index (χ2v) is 8.90. The Morgan fingerprint density at radius 2 is 1.82 bits per heavy atom. The molecule has 2 heterocycles. The molecule has 0 saturated heterocycles. The van der Waals surface area contributed by atoms with Crippen LogP contribution in [0.3, 0.4) is 0 Å². The van der Waals surface area contributed by atoms with E-state index in [0.717, 1.165) is 26.0 Å². The van der Waals surface area contributed by atoms with Crippen molar-refractivity contribution in [1.82, 2.24) is 15.1 Å². The first-order valence-corrected chi connectivity index (χ1v) is 11.7. The molecule has 1 atom stereocenters. The topological polar surface area (TPSA) is 91.7 Å². The van der Waals surface area contributed by atoms with Gasteiger partial charge in [0.15, 0.2) is 11.5 Å². The standard InChI is InChI=1S/C25H27N3O5S/c1-14-23-20(17-8-6-7-9-19(17)34-23)25(30)28(27-14)15(2)24(29)26-13-12-16-10-11-18(31-3)22(33-5)21(16)32-4/h6-11,15H,12-13H2,1-5H3,(H,26,29). The Hall–Kier alpha value is -3.59. The number of ether oxygens (including phenoxy) is 3. The van der Waals surface area contributed by atoms with Crippen LogP contribution < -0.4 is 25.1 Å². The highest BCUT2D eigenvalue weighted by molar-refractivity contribution is 7.26. The van der Waals surface area contributed by atoms with E-state index in [0.29, 0.717) is 35.6 Å². The maximum atomic E-state index is 13.3. The molecule has 0 aliphatic rings. The summed E-state index contributed by atoms with van der Waals surface area (Å²) < 4.78 is 19.4. The molecule has 0 bridgehead atoms. The van der Waals surface area contributed by atoms with Crippen molar-refractivity contribution in [3.63, 3.8) is 0 Å². The molecule has 0 fully saturated rings. The van der Waals surface area contributed by atoms with Gasteiger partial charge in [0, 0.05) is 22.2 Å². The normalized spacial score (nSPS) is 12.0. The van der Waals surface area contributed by atoms with Gasteiger partial charge in [-0.3, -0.25) is 9.59 Å². The van der Waals surface area contributed by atoms with Crippen molar-refractivity contribution in [2.45, 2.75) is 26.3 Å². The van der Waals surface area contributed by atoms with E-state index in [9.17, 15) is 9.59 Å². The lowest BCUT2D eigenvalue weighted by atomic mass is 10.1. The van der Waals surface area contributed by atoms with E-state index in [1.165, 1.54) is 4.68 Å². The van der Waals surface area contributed by atoms with Gasteiger partial charge in [-0.25, -0.2) is 4.68 Å². The summed E-state index contributed by atoms with van der Waals surface area (Å²) in [5.41, 5.74) is 1.33. The summed E-state index contributed by atoms with van der Waals surface area (Å²) in [6.45, 7) is 3.90. The van der Waals surface area contributed by atoms with Crippen molar-refractivity contribution < 1.29 is 19.0 Å². The van der Waals surface area contributed by atoms with Crippen LogP contribution in [0.15, 0.2) is 41.2 Å². The molecule has 1 N–H and O–H groups in total. The zero-order valence-electron chi connectivity index (χ0n) is 19.8. The molecule has 0 aliphatic heterocycles. The van der Waals surface area contributed by atoms with E-state index in [1.807, 2.05) is 37.3 Å². The number of rotatable bonds is 8. The Morgan fingerprint density at radius 1 is 1.09 bits per heavy atom.